The third kappa shape index (κ3) is 2.14. The lowest BCUT2D eigenvalue weighted by atomic mass is 10.1. The summed E-state index contributed by atoms with van der Waals surface area (Å²) in [5.41, 5.74) is 6.81. The zero-order valence-electron chi connectivity index (χ0n) is 8.04. The van der Waals surface area contributed by atoms with Crippen molar-refractivity contribution in [2.24, 2.45) is 0 Å². The molecule has 0 amide bonds. The summed E-state index contributed by atoms with van der Waals surface area (Å²) in [6.07, 6.45) is 0. The molecule has 5 heteroatoms. The molecule has 0 unspecified atom stereocenters. The van der Waals surface area contributed by atoms with Gasteiger partial charge in [0, 0.05) is 15.7 Å². The summed E-state index contributed by atoms with van der Waals surface area (Å²) < 4.78 is 0.779. The summed E-state index contributed by atoms with van der Waals surface area (Å²) in [6, 6.07) is 6.83. The molecule has 0 bridgehead atoms. The monoisotopic (exact) mass is 315 g/mol. The van der Waals surface area contributed by atoms with Crippen LogP contribution in [0.15, 0.2) is 34.1 Å². The topological polar surface area (TPSA) is 43.1 Å². The molecule has 0 saturated heterocycles. The summed E-state index contributed by atoms with van der Waals surface area (Å²) >= 11 is 10.5. The second-order valence-corrected chi connectivity index (χ2v) is 5.34. The molecule has 2 nitrogen and oxygen atoms in total. The molecule has 1 aromatic heterocycles. The molecular weight excluding hydrogens is 310 g/mol. The molecule has 2 N–H and O–H groups in total. The van der Waals surface area contributed by atoms with Gasteiger partial charge in [-0.15, -0.1) is 11.3 Å². The van der Waals surface area contributed by atoms with Crippen molar-refractivity contribution in [1.82, 2.24) is 0 Å². The Morgan fingerprint density at radius 2 is 2.12 bits per heavy atom. The average molecular weight is 317 g/mol. The van der Waals surface area contributed by atoms with Crippen molar-refractivity contribution >= 4 is 50.3 Å². The van der Waals surface area contributed by atoms with Gasteiger partial charge in [-0.3, -0.25) is 4.79 Å². The van der Waals surface area contributed by atoms with Crippen LogP contribution in [-0.4, -0.2) is 5.78 Å². The molecule has 16 heavy (non-hydrogen) atoms. The van der Waals surface area contributed by atoms with Gasteiger partial charge < -0.3 is 5.73 Å². The van der Waals surface area contributed by atoms with Crippen molar-refractivity contribution < 1.29 is 4.79 Å². The van der Waals surface area contributed by atoms with Crippen molar-refractivity contribution in [3.8, 4) is 0 Å². The van der Waals surface area contributed by atoms with Gasteiger partial charge >= 0.3 is 0 Å². The van der Waals surface area contributed by atoms with Crippen LogP contribution in [0.25, 0.3) is 0 Å². The van der Waals surface area contributed by atoms with Crippen molar-refractivity contribution in [3.63, 3.8) is 0 Å². The standard InChI is InChI=1S/C11H7BrClNOS/c12-7-2-1-6(5-9(7)14)10(15)11-8(13)3-4-16-11/h1-5H,14H2. The maximum atomic E-state index is 12.0. The highest BCUT2D eigenvalue weighted by Gasteiger charge is 2.14. The van der Waals surface area contributed by atoms with Crippen LogP contribution in [0.4, 0.5) is 5.69 Å². The highest BCUT2D eigenvalue weighted by atomic mass is 79.9. The minimum Gasteiger partial charge on any atom is -0.398 e. The first-order valence-corrected chi connectivity index (χ1v) is 6.47. The van der Waals surface area contributed by atoms with E-state index in [1.54, 1.807) is 29.6 Å². The molecule has 2 rings (SSSR count). The molecule has 0 aliphatic heterocycles. The van der Waals surface area contributed by atoms with E-state index >= 15 is 0 Å². The van der Waals surface area contributed by atoms with Crippen LogP contribution >= 0.6 is 38.9 Å². The lowest BCUT2D eigenvalue weighted by molar-refractivity contribution is 0.104. The SMILES string of the molecule is Nc1cc(C(=O)c2sccc2Cl)ccc1Br. The molecule has 1 aromatic carbocycles. The number of nitrogen functional groups attached to an aromatic ring is 1. The van der Waals surface area contributed by atoms with E-state index < -0.39 is 0 Å². The van der Waals surface area contributed by atoms with Crippen LogP contribution in [0.5, 0.6) is 0 Å². The number of hydrogen-bond acceptors (Lipinski definition) is 3. The number of carbonyl (C=O) groups excluding carboxylic acids is 1. The zero-order chi connectivity index (χ0) is 11.7. The molecule has 0 radical (unpaired) electrons. The Morgan fingerprint density at radius 3 is 2.69 bits per heavy atom. The predicted octanol–water partition coefficient (Wildman–Crippen LogP) is 3.98. The lowest BCUT2D eigenvalue weighted by Gasteiger charge is -2.02. The van der Waals surface area contributed by atoms with E-state index in [2.05, 4.69) is 15.9 Å². The van der Waals surface area contributed by atoms with E-state index in [-0.39, 0.29) is 5.78 Å². The summed E-state index contributed by atoms with van der Waals surface area (Å²) in [4.78, 5) is 12.6. The number of nitrogens with two attached hydrogens (primary N) is 1. The Morgan fingerprint density at radius 1 is 1.38 bits per heavy atom. The van der Waals surface area contributed by atoms with Crippen LogP contribution in [0, 0.1) is 0 Å². The smallest absolute Gasteiger partial charge is 0.204 e. The number of hydrogen-bond donors (Lipinski definition) is 1. The van der Waals surface area contributed by atoms with Crippen molar-refractivity contribution in [2.45, 2.75) is 0 Å². The molecule has 0 spiro atoms. The second-order valence-electron chi connectivity index (χ2n) is 3.16. The van der Waals surface area contributed by atoms with Gasteiger partial charge in [0.05, 0.1) is 9.90 Å². The highest BCUT2D eigenvalue weighted by molar-refractivity contribution is 9.10. The molecular formula is C11H7BrClNOS. The molecule has 0 aliphatic carbocycles. The average Bonchev–Trinajstić information content (AvgIpc) is 2.67. The number of rotatable bonds is 2. The van der Waals surface area contributed by atoms with E-state index in [4.69, 9.17) is 17.3 Å². The molecule has 1 heterocycles. The molecule has 0 atom stereocenters. The maximum Gasteiger partial charge on any atom is 0.204 e. The van der Waals surface area contributed by atoms with E-state index in [1.165, 1.54) is 11.3 Å². The van der Waals surface area contributed by atoms with Gasteiger partial charge in [0.1, 0.15) is 0 Å². The van der Waals surface area contributed by atoms with Gasteiger partial charge in [-0.2, -0.15) is 0 Å². The second kappa shape index (κ2) is 4.57. The molecule has 0 fully saturated rings. The van der Waals surface area contributed by atoms with Crippen molar-refractivity contribution in [2.75, 3.05) is 5.73 Å². The number of anilines is 1. The first-order valence-electron chi connectivity index (χ1n) is 4.42. The maximum absolute atomic E-state index is 12.0. The number of benzene rings is 1. The lowest BCUT2D eigenvalue weighted by Crippen LogP contribution is -2.00. The number of halogens is 2. The van der Waals surface area contributed by atoms with Gasteiger partial charge in [0.2, 0.25) is 5.78 Å². The van der Waals surface area contributed by atoms with Crippen LogP contribution in [0.2, 0.25) is 5.02 Å². The number of thiophene rings is 1. The molecule has 82 valence electrons. The fourth-order valence-corrected chi connectivity index (χ4v) is 2.62. The van der Waals surface area contributed by atoms with Crippen molar-refractivity contribution in [3.05, 3.63) is 49.6 Å². The molecule has 0 aliphatic rings. The van der Waals surface area contributed by atoms with Crippen molar-refractivity contribution in [1.29, 1.82) is 0 Å². The summed E-state index contributed by atoms with van der Waals surface area (Å²) in [6.45, 7) is 0. The Bertz CT molecular complexity index is 553. The zero-order valence-corrected chi connectivity index (χ0v) is 11.2. The van der Waals surface area contributed by atoms with Gasteiger partial charge in [-0.25, -0.2) is 0 Å². The fraction of sp³-hybridized carbons (Fsp3) is 0. The van der Waals surface area contributed by atoms with Gasteiger partial charge in [-0.1, -0.05) is 11.6 Å². The first kappa shape index (κ1) is 11.6. The van der Waals surface area contributed by atoms with Crippen LogP contribution in [0.3, 0.4) is 0 Å². The van der Waals surface area contributed by atoms with E-state index in [9.17, 15) is 4.79 Å². The summed E-state index contributed by atoms with van der Waals surface area (Å²) in [5.74, 6) is -0.0980. The quantitative estimate of drug-likeness (QED) is 0.673. The Kier molecular flexibility index (Phi) is 3.33. The van der Waals surface area contributed by atoms with Gasteiger partial charge in [-0.05, 0) is 45.6 Å². The third-order valence-corrected chi connectivity index (χ3v) is 4.14. The predicted molar refractivity (Wildman–Crippen MR) is 71.3 cm³/mol. The Labute approximate surface area is 110 Å². The van der Waals surface area contributed by atoms with Crippen LogP contribution in [-0.2, 0) is 0 Å². The van der Waals surface area contributed by atoms with Gasteiger partial charge in [0.25, 0.3) is 0 Å². The first-order chi connectivity index (χ1) is 7.59. The molecule has 2 aromatic rings. The molecule has 0 saturated carbocycles. The normalized spacial score (nSPS) is 10.4. The highest BCUT2D eigenvalue weighted by Crippen LogP contribution is 2.27. The van der Waals surface area contributed by atoms with Crippen LogP contribution in [0.1, 0.15) is 15.2 Å². The Hall–Kier alpha value is -0.840. The third-order valence-electron chi connectivity index (χ3n) is 2.08. The van der Waals surface area contributed by atoms with Crippen LogP contribution < -0.4 is 5.73 Å². The minimum atomic E-state index is -0.0980. The van der Waals surface area contributed by atoms with E-state index in [0.29, 0.717) is 21.2 Å². The fourth-order valence-electron chi connectivity index (χ4n) is 1.27. The van der Waals surface area contributed by atoms with Gasteiger partial charge in [0.15, 0.2) is 0 Å². The largest absolute Gasteiger partial charge is 0.398 e. The number of ketones is 1. The number of carbonyl (C=O) groups is 1. The van der Waals surface area contributed by atoms with E-state index in [1.807, 2.05) is 0 Å². The summed E-state index contributed by atoms with van der Waals surface area (Å²) in [7, 11) is 0. The summed E-state index contributed by atoms with van der Waals surface area (Å²) in [5, 5.41) is 2.27. The minimum absolute atomic E-state index is 0.0980. The Balaban J connectivity index is 2.42. The van der Waals surface area contributed by atoms with E-state index in [0.717, 1.165) is 4.47 Å².